The standard InChI is InChI=1S/C15H22O2/c1-11-6-5-9-15(7-3-4-8-15)14(11)13(17)10-12(2)16/h5-6,9,12,14,16H,3-4,7-8,10H2,1-2H3. The Morgan fingerprint density at radius 3 is 2.76 bits per heavy atom. The summed E-state index contributed by atoms with van der Waals surface area (Å²) in [6.45, 7) is 3.74. The molecule has 0 saturated heterocycles. The third kappa shape index (κ3) is 2.37. The number of Topliss-reactive ketones (excluding diaryl/α,β-unsaturated/α-hetero) is 1. The molecule has 0 aromatic heterocycles. The number of aliphatic hydroxyl groups excluding tert-OH is 1. The molecule has 0 heterocycles. The Bertz CT molecular complexity index is 357. The molecule has 0 aromatic rings. The van der Waals surface area contributed by atoms with Gasteiger partial charge in [0.25, 0.3) is 0 Å². The van der Waals surface area contributed by atoms with E-state index in [1.807, 2.05) is 13.0 Å². The first-order valence-electron chi connectivity index (χ1n) is 6.62. The van der Waals surface area contributed by atoms with E-state index in [-0.39, 0.29) is 23.5 Å². The normalized spacial score (nSPS) is 28.2. The van der Waals surface area contributed by atoms with Crippen molar-refractivity contribution >= 4 is 5.78 Å². The summed E-state index contributed by atoms with van der Waals surface area (Å²) < 4.78 is 0. The van der Waals surface area contributed by atoms with Crippen molar-refractivity contribution in [2.45, 2.75) is 52.1 Å². The molecular weight excluding hydrogens is 212 g/mol. The molecule has 0 aliphatic heterocycles. The molecule has 2 unspecified atom stereocenters. The SMILES string of the molecule is CC1=CC=CC2(CCCC2)C1C(=O)CC(C)O. The van der Waals surface area contributed by atoms with Crippen molar-refractivity contribution < 1.29 is 9.90 Å². The topological polar surface area (TPSA) is 37.3 Å². The van der Waals surface area contributed by atoms with Crippen LogP contribution in [0.2, 0.25) is 0 Å². The highest BCUT2D eigenvalue weighted by Gasteiger charge is 2.44. The van der Waals surface area contributed by atoms with Crippen molar-refractivity contribution in [1.82, 2.24) is 0 Å². The molecule has 2 heteroatoms. The van der Waals surface area contributed by atoms with Crippen molar-refractivity contribution in [3.05, 3.63) is 23.8 Å². The lowest BCUT2D eigenvalue weighted by Gasteiger charge is -2.37. The third-order valence-electron chi connectivity index (χ3n) is 4.17. The molecule has 2 atom stereocenters. The van der Waals surface area contributed by atoms with Crippen LogP contribution in [0.5, 0.6) is 0 Å². The van der Waals surface area contributed by atoms with Gasteiger partial charge in [0, 0.05) is 17.8 Å². The number of ketones is 1. The maximum Gasteiger partial charge on any atom is 0.143 e. The Kier molecular flexibility index (Phi) is 3.53. The Hall–Kier alpha value is -0.890. The second-order valence-electron chi connectivity index (χ2n) is 5.66. The van der Waals surface area contributed by atoms with E-state index in [2.05, 4.69) is 12.2 Å². The molecule has 0 bridgehead atoms. The predicted molar refractivity (Wildman–Crippen MR) is 68.6 cm³/mol. The molecule has 0 radical (unpaired) electrons. The highest BCUT2D eigenvalue weighted by Crippen LogP contribution is 2.50. The van der Waals surface area contributed by atoms with Crippen molar-refractivity contribution in [3.8, 4) is 0 Å². The van der Waals surface area contributed by atoms with Crippen LogP contribution in [-0.2, 0) is 4.79 Å². The lowest BCUT2D eigenvalue weighted by molar-refractivity contribution is -0.126. The third-order valence-corrected chi connectivity index (χ3v) is 4.17. The fourth-order valence-corrected chi connectivity index (χ4v) is 3.51. The van der Waals surface area contributed by atoms with E-state index >= 15 is 0 Å². The van der Waals surface area contributed by atoms with Gasteiger partial charge in [0.05, 0.1) is 6.10 Å². The van der Waals surface area contributed by atoms with Gasteiger partial charge in [-0.3, -0.25) is 4.79 Å². The van der Waals surface area contributed by atoms with E-state index in [4.69, 9.17) is 0 Å². The Balaban J connectivity index is 2.24. The van der Waals surface area contributed by atoms with Crippen LogP contribution in [0.25, 0.3) is 0 Å². The maximum absolute atomic E-state index is 12.3. The smallest absolute Gasteiger partial charge is 0.143 e. The Morgan fingerprint density at radius 1 is 1.53 bits per heavy atom. The lowest BCUT2D eigenvalue weighted by Crippen LogP contribution is -2.35. The van der Waals surface area contributed by atoms with Crippen LogP contribution in [0.15, 0.2) is 23.8 Å². The van der Waals surface area contributed by atoms with E-state index in [1.54, 1.807) is 6.92 Å². The van der Waals surface area contributed by atoms with Gasteiger partial charge in [-0.25, -0.2) is 0 Å². The number of carbonyl (C=O) groups excluding carboxylic acids is 1. The zero-order valence-electron chi connectivity index (χ0n) is 10.8. The molecular formula is C15H22O2. The fourth-order valence-electron chi connectivity index (χ4n) is 3.51. The van der Waals surface area contributed by atoms with Gasteiger partial charge in [0.1, 0.15) is 5.78 Å². The molecule has 2 rings (SSSR count). The average molecular weight is 234 g/mol. The van der Waals surface area contributed by atoms with Gasteiger partial charge in [-0.05, 0) is 26.7 Å². The zero-order chi connectivity index (χ0) is 12.5. The Labute approximate surface area is 103 Å². The molecule has 1 fully saturated rings. The number of hydrogen-bond donors (Lipinski definition) is 1. The van der Waals surface area contributed by atoms with Gasteiger partial charge in [-0.2, -0.15) is 0 Å². The molecule has 1 N–H and O–H groups in total. The average Bonchev–Trinajstić information content (AvgIpc) is 2.65. The minimum absolute atomic E-state index is 0.00426. The summed E-state index contributed by atoms with van der Waals surface area (Å²) in [4.78, 5) is 12.3. The number of carbonyl (C=O) groups is 1. The van der Waals surface area contributed by atoms with E-state index in [0.29, 0.717) is 0 Å². The number of allylic oxidation sites excluding steroid dienone is 4. The molecule has 17 heavy (non-hydrogen) atoms. The summed E-state index contributed by atoms with van der Waals surface area (Å²) in [6.07, 6.45) is 10.8. The monoisotopic (exact) mass is 234 g/mol. The highest BCUT2D eigenvalue weighted by atomic mass is 16.3. The first-order valence-corrected chi connectivity index (χ1v) is 6.62. The first kappa shape index (κ1) is 12.6. The van der Waals surface area contributed by atoms with Gasteiger partial charge in [-0.15, -0.1) is 0 Å². The summed E-state index contributed by atoms with van der Waals surface area (Å²) in [5.74, 6) is 0.213. The predicted octanol–water partition coefficient (Wildman–Crippen LogP) is 3.02. The van der Waals surface area contributed by atoms with Crippen LogP contribution < -0.4 is 0 Å². The minimum Gasteiger partial charge on any atom is -0.393 e. The second-order valence-corrected chi connectivity index (χ2v) is 5.66. The summed E-state index contributed by atoms with van der Waals surface area (Å²) in [5, 5.41) is 9.41. The molecule has 94 valence electrons. The summed E-state index contributed by atoms with van der Waals surface area (Å²) in [6, 6.07) is 0. The molecule has 0 aromatic carbocycles. The van der Waals surface area contributed by atoms with Gasteiger partial charge >= 0.3 is 0 Å². The van der Waals surface area contributed by atoms with E-state index in [0.717, 1.165) is 12.8 Å². The lowest BCUT2D eigenvalue weighted by atomic mass is 9.66. The van der Waals surface area contributed by atoms with Crippen LogP contribution >= 0.6 is 0 Å². The molecule has 0 amide bonds. The quantitative estimate of drug-likeness (QED) is 0.815. The van der Waals surface area contributed by atoms with Crippen LogP contribution in [0.3, 0.4) is 0 Å². The highest BCUT2D eigenvalue weighted by molar-refractivity contribution is 5.85. The van der Waals surface area contributed by atoms with Gasteiger partial charge in [0.2, 0.25) is 0 Å². The van der Waals surface area contributed by atoms with Gasteiger partial charge in [-0.1, -0.05) is 36.6 Å². The summed E-state index contributed by atoms with van der Waals surface area (Å²) >= 11 is 0. The van der Waals surface area contributed by atoms with Crippen LogP contribution in [0, 0.1) is 11.3 Å². The van der Waals surface area contributed by atoms with Crippen LogP contribution in [0.1, 0.15) is 46.0 Å². The van der Waals surface area contributed by atoms with E-state index in [9.17, 15) is 9.90 Å². The number of aliphatic hydroxyl groups is 1. The van der Waals surface area contributed by atoms with Crippen molar-refractivity contribution in [3.63, 3.8) is 0 Å². The molecule has 2 nitrogen and oxygen atoms in total. The second kappa shape index (κ2) is 4.77. The minimum atomic E-state index is -0.528. The van der Waals surface area contributed by atoms with Crippen LogP contribution in [-0.4, -0.2) is 17.0 Å². The maximum atomic E-state index is 12.3. The number of hydrogen-bond acceptors (Lipinski definition) is 2. The number of rotatable bonds is 3. The summed E-state index contributed by atoms with van der Waals surface area (Å²) in [7, 11) is 0. The van der Waals surface area contributed by atoms with Crippen molar-refractivity contribution in [2.75, 3.05) is 0 Å². The molecule has 1 saturated carbocycles. The fraction of sp³-hybridized carbons (Fsp3) is 0.667. The van der Waals surface area contributed by atoms with Crippen LogP contribution in [0.4, 0.5) is 0 Å². The van der Waals surface area contributed by atoms with Gasteiger partial charge < -0.3 is 5.11 Å². The van der Waals surface area contributed by atoms with Crippen molar-refractivity contribution in [1.29, 1.82) is 0 Å². The van der Waals surface area contributed by atoms with Gasteiger partial charge in [0.15, 0.2) is 0 Å². The zero-order valence-corrected chi connectivity index (χ0v) is 10.8. The van der Waals surface area contributed by atoms with E-state index < -0.39 is 6.10 Å². The Morgan fingerprint density at radius 2 is 2.18 bits per heavy atom. The molecule has 2 aliphatic rings. The van der Waals surface area contributed by atoms with Crippen molar-refractivity contribution in [2.24, 2.45) is 11.3 Å². The summed E-state index contributed by atoms with van der Waals surface area (Å²) in [5.41, 5.74) is 1.23. The molecule has 2 aliphatic carbocycles. The molecule has 1 spiro atoms. The largest absolute Gasteiger partial charge is 0.393 e. The first-order chi connectivity index (χ1) is 8.05. The van der Waals surface area contributed by atoms with E-state index in [1.165, 1.54) is 18.4 Å².